The van der Waals surface area contributed by atoms with Crippen LogP contribution < -0.4 is 4.74 Å². The minimum atomic E-state index is -0.712. The molecular weight excluding hydrogens is 367 g/mol. The second-order valence-corrected chi connectivity index (χ2v) is 10.5. The van der Waals surface area contributed by atoms with Crippen molar-refractivity contribution in [3.8, 4) is 5.75 Å². The Morgan fingerprint density at radius 3 is 2.37 bits per heavy atom. The lowest BCUT2D eigenvalue weighted by molar-refractivity contribution is -0.117. The minimum Gasteiger partial charge on any atom is -0.488 e. The Labute approximate surface area is 165 Å². The minimum absolute atomic E-state index is 0.0962. The van der Waals surface area contributed by atoms with Crippen LogP contribution in [0.15, 0.2) is 12.1 Å². The summed E-state index contributed by atoms with van der Waals surface area (Å²) in [6.07, 6.45) is 6.20. The van der Waals surface area contributed by atoms with Gasteiger partial charge in [0.15, 0.2) is 0 Å². The Morgan fingerprint density at radius 2 is 1.81 bits per heavy atom. The van der Waals surface area contributed by atoms with E-state index in [1.165, 1.54) is 44.2 Å². The molecule has 0 radical (unpaired) electrons. The molecule has 4 saturated carbocycles. The highest BCUT2D eigenvalue weighted by molar-refractivity contribution is 6.32. The zero-order valence-electron chi connectivity index (χ0n) is 16.5. The number of benzene rings is 1. The predicted molar refractivity (Wildman–Crippen MR) is 103 cm³/mol. The molecule has 0 saturated heterocycles. The van der Waals surface area contributed by atoms with Gasteiger partial charge in [0.25, 0.3) is 0 Å². The topological polar surface area (TPSA) is 35.5 Å². The van der Waals surface area contributed by atoms with Gasteiger partial charge < -0.3 is 9.47 Å². The lowest BCUT2D eigenvalue weighted by atomic mass is 9.49. The van der Waals surface area contributed by atoms with Gasteiger partial charge in [-0.2, -0.15) is 0 Å². The molecule has 0 aliphatic heterocycles. The first-order chi connectivity index (χ1) is 12.5. The van der Waals surface area contributed by atoms with Crippen molar-refractivity contribution in [3.63, 3.8) is 0 Å². The Kier molecular flexibility index (Phi) is 4.49. The number of ether oxygens (including phenoxy) is 2. The molecule has 4 bridgehead atoms. The fraction of sp³-hybridized carbons (Fsp3) is 0.682. The van der Waals surface area contributed by atoms with Crippen LogP contribution in [0, 0.1) is 29.0 Å². The van der Waals surface area contributed by atoms with Crippen molar-refractivity contribution in [3.05, 3.63) is 28.5 Å². The fourth-order valence-corrected chi connectivity index (χ4v) is 6.04. The van der Waals surface area contributed by atoms with E-state index in [0.29, 0.717) is 23.0 Å². The van der Waals surface area contributed by atoms with E-state index in [1.807, 2.05) is 0 Å². The first kappa shape index (κ1) is 19.0. The van der Waals surface area contributed by atoms with Crippen LogP contribution >= 0.6 is 11.6 Å². The van der Waals surface area contributed by atoms with Crippen LogP contribution in [0.3, 0.4) is 0 Å². The molecule has 4 fully saturated rings. The number of rotatable bonds is 3. The maximum Gasteiger partial charge on any atom is 0.341 e. The number of hydrogen-bond acceptors (Lipinski definition) is 3. The number of halogens is 2. The molecule has 0 amide bonds. The highest BCUT2D eigenvalue weighted by Crippen LogP contribution is 2.60. The number of esters is 1. The molecule has 27 heavy (non-hydrogen) atoms. The van der Waals surface area contributed by atoms with E-state index in [-0.39, 0.29) is 16.7 Å². The summed E-state index contributed by atoms with van der Waals surface area (Å²) in [4.78, 5) is 12.2. The van der Waals surface area contributed by atoms with Crippen molar-refractivity contribution in [2.24, 2.45) is 23.2 Å². The van der Waals surface area contributed by atoms with E-state index < -0.39 is 17.4 Å². The van der Waals surface area contributed by atoms with Crippen LogP contribution in [-0.2, 0) is 4.74 Å². The Bertz CT molecular complexity index is 754. The van der Waals surface area contributed by atoms with Gasteiger partial charge in [-0.25, -0.2) is 9.18 Å². The smallest absolute Gasteiger partial charge is 0.341 e. The van der Waals surface area contributed by atoms with Crippen molar-refractivity contribution in [1.82, 2.24) is 0 Å². The largest absolute Gasteiger partial charge is 0.488 e. The second-order valence-electron chi connectivity index (χ2n) is 10.1. The molecule has 4 aliphatic carbocycles. The number of carbonyl (C=O) groups excluding carboxylic acids is 1. The lowest BCUT2D eigenvalue weighted by Crippen LogP contribution is -2.54. The molecule has 0 heterocycles. The summed E-state index contributed by atoms with van der Waals surface area (Å²) in [5.74, 6) is 0.824. The third kappa shape index (κ3) is 3.70. The molecule has 0 spiro atoms. The van der Waals surface area contributed by atoms with E-state index in [0.717, 1.165) is 5.92 Å². The Hall–Kier alpha value is -1.29. The van der Waals surface area contributed by atoms with Crippen LogP contribution in [0.25, 0.3) is 0 Å². The summed E-state index contributed by atoms with van der Waals surface area (Å²) >= 11 is 6.36. The first-order valence-corrected chi connectivity index (χ1v) is 10.3. The molecule has 4 aliphatic rings. The molecule has 3 nitrogen and oxygen atoms in total. The van der Waals surface area contributed by atoms with Crippen LogP contribution in [0.2, 0.25) is 5.02 Å². The SMILES string of the molecule is CC(C)(C)OC(=O)c1cc(Cl)c(O[C@H]2C3CC4CC2C[C@](C)(C4)C3)cc1F. The third-order valence-corrected chi connectivity index (χ3v) is 6.69. The van der Waals surface area contributed by atoms with Gasteiger partial charge in [-0.1, -0.05) is 18.5 Å². The van der Waals surface area contributed by atoms with Gasteiger partial charge in [-0.15, -0.1) is 0 Å². The van der Waals surface area contributed by atoms with E-state index in [4.69, 9.17) is 21.1 Å². The molecule has 148 valence electrons. The first-order valence-electron chi connectivity index (χ1n) is 9.92. The summed E-state index contributed by atoms with van der Waals surface area (Å²) < 4.78 is 26.1. The average molecular weight is 395 g/mol. The molecule has 1 aromatic rings. The van der Waals surface area contributed by atoms with Gasteiger partial charge >= 0.3 is 5.97 Å². The van der Waals surface area contributed by atoms with Crippen molar-refractivity contribution >= 4 is 17.6 Å². The van der Waals surface area contributed by atoms with E-state index in [9.17, 15) is 9.18 Å². The van der Waals surface area contributed by atoms with Crippen LogP contribution in [0.1, 0.15) is 70.2 Å². The van der Waals surface area contributed by atoms with Gasteiger partial charge in [-0.05, 0) is 82.1 Å². The summed E-state index contributed by atoms with van der Waals surface area (Å²) in [5.41, 5.74) is -0.395. The van der Waals surface area contributed by atoms with E-state index >= 15 is 0 Å². The summed E-state index contributed by atoms with van der Waals surface area (Å²) in [7, 11) is 0. The highest BCUT2D eigenvalue weighted by atomic mass is 35.5. The zero-order valence-corrected chi connectivity index (χ0v) is 17.2. The van der Waals surface area contributed by atoms with Crippen molar-refractivity contribution < 1.29 is 18.7 Å². The summed E-state index contributed by atoms with van der Waals surface area (Å²) in [6.45, 7) is 7.63. The fourth-order valence-electron chi connectivity index (χ4n) is 5.83. The number of carbonyl (C=O) groups is 1. The molecule has 5 heteroatoms. The molecule has 2 atom stereocenters. The maximum absolute atomic E-state index is 14.6. The molecule has 1 aromatic carbocycles. The second kappa shape index (κ2) is 6.37. The number of hydrogen-bond donors (Lipinski definition) is 0. The van der Waals surface area contributed by atoms with Gasteiger partial charge in [0, 0.05) is 6.07 Å². The van der Waals surface area contributed by atoms with E-state index in [2.05, 4.69) is 6.92 Å². The van der Waals surface area contributed by atoms with Crippen LogP contribution in [-0.4, -0.2) is 17.7 Å². The van der Waals surface area contributed by atoms with Gasteiger partial charge in [-0.3, -0.25) is 0 Å². The molecule has 0 aromatic heterocycles. The van der Waals surface area contributed by atoms with Crippen molar-refractivity contribution in [2.75, 3.05) is 0 Å². The van der Waals surface area contributed by atoms with Crippen LogP contribution in [0.4, 0.5) is 4.39 Å². The Morgan fingerprint density at radius 1 is 1.19 bits per heavy atom. The van der Waals surface area contributed by atoms with Crippen molar-refractivity contribution in [2.45, 2.75) is 71.5 Å². The molecule has 0 N–H and O–H groups in total. The van der Waals surface area contributed by atoms with E-state index in [1.54, 1.807) is 20.8 Å². The predicted octanol–water partition coefficient (Wildman–Crippen LogP) is 6.03. The molecule has 2 unspecified atom stereocenters. The van der Waals surface area contributed by atoms with Crippen LogP contribution in [0.5, 0.6) is 5.75 Å². The lowest BCUT2D eigenvalue weighted by Gasteiger charge is -2.58. The molecule has 5 rings (SSSR count). The summed E-state index contributed by atoms with van der Waals surface area (Å²) in [5, 5.41) is 0.261. The van der Waals surface area contributed by atoms with Crippen molar-refractivity contribution in [1.29, 1.82) is 0 Å². The standard InChI is InChI=1S/C22H28ClFO3/c1-21(2,3)27-20(25)15-7-16(23)18(8-17(15)24)26-19-13-5-12-6-14(19)11-22(4,9-12)10-13/h7-8,12-14,19H,5-6,9-11H2,1-4H3/t12?,13?,14?,19-,22+. The summed E-state index contributed by atoms with van der Waals surface area (Å²) in [6, 6.07) is 2.58. The molecular formula is C22H28ClFO3. The quantitative estimate of drug-likeness (QED) is 0.587. The normalized spacial score (nSPS) is 34.6. The Balaban J connectivity index is 1.54. The average Bonchev–Trinajstić information content (AvgIpc) is 2.50. The van der Waals surface area contributed by atoms with Gasteiger partial charge in [0.1, 0.15) is 23.3 Å². The zero-order chi connectivity index (χ0) is 19.6. The maximum atomic E-state index is 14.6. The highest BCUT2D eigenvalue weighted by Gasteiger charge is 2.54. The van der Waals surface area contributed by atoms with Gasteiger partial charge in [0.05, 0.1) is 10.6 Å². The monoisotopic (exact) mass is 394 g/mol. The third-order valence-electron chi connectivity index (χ3n) is 6.40. The van der Waals surface area contributed by atoms with Gasteiger partial charge in [0.2, 0.25) is 0 Å².